The molecular weight excluding hydrogens is 204 g/mol. The van der Waals surface area contributed by atoms with Gasteiger partial charge in [-0.15, -0.1) is 9.73 Å². The summed E-state index contributed by atoms with van der Waals surface area (Å²) < 4.78 is 1.46. The average Bonchev–Trinajstić information content (AvgIpc) is 2.73. The molecule has 6 nitrogen and oxygen atoms in total. The minimum absolute atomic E-state index is 0.418. The van der Waals surface area contributed by atoms with Crippen LogP contribution in [0.5, 0.6) is 0 Å². The lowest BCUT2D eigenvalue weighted by molar-refractivity contribution is 0.532. The lowest BCUT2D eigenvalue weighted by atomic mass is 10.2. The Kier molecular flexibility index (Phi) is 3.40. The van der Waals surface area contributed by atoms with Crippen molar-refractivity contribution in [1.29, 1.82) is 0 Å². The van der Waals surface area contributed by atoms with Gasteiger partial charge in [-0.05, 0) is 42.4 Å². The fourth-order valence-electron chi connectivity index (χ4n) is 1.57. The monoisotopic (exact) mass is 220 g/mol. The van der Waals surface area contributed by atoms with Crippen LogP contribution >= 0.6 is 0 Å². The maximum absolute atomic E-state index is 4.32. The molecule has 0 bridgehead atoms. The van der Waals surface area contributed by atoms with Gasteiger partial charge in [0.05, 0.1) is 5.69 Å². The lowest BCUT2D eigenvalue weighted by Crippen LogP contribution is -2.29. The van der Waals surface area contributed by atoms with Crippen molar-refractivity contribution in [3.8, 4) is 0 Å². The molecule has 0 aliphatic carbocycles. The highest BCUT2D eigenvalue weighted by molar-refractivity contribution is 5.32. The molecule has 2 heterocycles. The van der Waals surface area contributed by atoms with Crippen molar-refractivity contribution in [2.75, 3.05) is 6.54 Å². The lowest BCUT2D eigenvalue weighted by Gasteiger charge is -2.11. The smallest absolute Gasteiger partial charge is 0.199 e. The normalized spacial score (nSPS) is 13.1. The van der Waals surface area contributed by atoms with Crippen LogP contribution in [0, 0.1) is 0 Å². The van der Waals surface area contributed by atoms with Crippen molar-refractivity contribution in [3.05, 3.63) is 17.8 Å². The molecule has 0 aromatic carbocycles. The summed E-state index contributed by atoms with van der Waals surface area (Å²) in [5.41, 5.74) is 1.67. The van der Waals surface area contributed by atoms with Crippen LogP contribution in [0.15, 0.2) is 12.1 Å². The van der Waals surface area contributed by atoms with Crippen LogP contribution in [0.1, 0.15) is 26.0 Å². The molecule has 86 valence electrons. The fourth-order valence-corrected chi connectivity index (χ4v) is 1.57. The second-order valence-electron chi connectivity index (χ2n) is 3.91. The second kappa shape index (κ2) is 4.98. The van der Waals surface area contributed by atoms with E-state index in [1.54, 1.807) is 0 Å². The van der Waals surface area contributed by atoms with E-state index < -0.39 is 0 Å². The van der Waals surface area contributed by atoms with Crippen LogP contribution in [-0.2, 0) is 6.42 Å². The third-order valence-electron chi connectivity index (χ3n) is 2.38. The van der Waals surface area contributed by atoms with Gasteiger partial charge >= 0.3 is 0 Å². The largest absolute Gasteiger partial charge is 0.314 e. The van der Waals surface area contributed by atoms with Crippen LogP contribution in [-0.4, -0.2) is 37.8 Å². The molecule has 2 aromatic rings. The summed E-state index contributed by atoms with van der Waals surface area (Å²) in [6.07, 6.45) is 2.03. The third-order valence-corrected chi connectivity index (χ3v) is 2.38. The van der Waals surface area contributed by atoms with Gasteiger partial charge in [-0.2, -0.15) is 5.10 Å². The molecule has 0 aliphatic heterocycles. The topological polar surface area (TPSA) is 68.0 Å². The van der Waals surface area contributed by atoms with Crippen molar-refractivity contribution in [1.82, 2.24) is 30.6 Å². The fraction of sp³-hybridized carbons (Fsp3) is 0.600. The van der Waals surface area contributed by atoms with Crippen LogP contribution in [0.3, 0.4) is 0 Å². The molecule has 16 heavy (non-hydrogen) atoms. The Balaban J connectivity index is 2.03. The van der Waals surface area contributed by atoms with E-state index in [1.807, 2.05) is 12.1 Å². The molecule has 0 fully saturated rings. The Labute approximate surface area is 94.0 Å². The van der Waals surface area contributed by atoms with E-state index in [0.717, 1.165) is 25.1 Å². The van der Waals surface area contributed by atoms with E-state index in [9.17, 15) is 0 Å². The molecule has 0 radical (unpaired) electrons. The third kappa shape index (κ3) is 2.52. The molecule has 2 aromatic heterocycles. The first-order valence-corrected chi connectivity index (χ1v) is 5.57. The van der Waals surface area contributed by atoms with Gasteiger partial charge in [-0.25, -0.2) is 0 Å². The zero-order valence-electron chi connectivity index (χ0n) is 9.59. The number of nitrogens with zero attached hydrogens (tertiary/aromatic N) is 5. The summed E-state index contributed by atoms with van der Waals surface area (Å²) in [5, 5.41) is 18.9. The summed E-state index contributed by atoms with van der Waals surface area (Å²) in [7, 11) is 0. The summed E-state index contributed by atoms with van der Waals surface area (Å²) in [6, 6.07) is 4.27. The predicted molar refractivity (Wildman–Crippen MR) is 60.0 cm³/mol. The Hall–Kier alpha value is -1.56. The first-order valence-electron chi connectivity index (χ1n) is 5.57. The van der Waals surface area contributed by atoms with Crippen molar-refractivity contribution in [2.45, 2.75) is 32.7 Å². The Morgan fingerprint density at radius 1 is 1.44 bits per heavy atom. The minimum Gasteiger partial charge on any atom is -0.314 e. The molecule has 0 saturated carbocycles. The number of rotatable bonds is 5. The van der Waals surface area contributed by atoms with Crippen molar-refractivity contribution in [3.63, 3.8) is 0 Å². The molecule has 6 heteroatoms. The summed E-state index contributed by atoms with van der Waals surface area (Å²) in [4.78, 5) is 0. The molecule has 1 N–H and O–H groups in total. The molecule has 0 aliphatic rings. The number of tetrazole rings is 1. The predicted octanol–water partition coefficient (Wildman–Crippen LogP) is 0.450. The molecule has 2 rings (SSSR count). The Morgan fingerprint density at radius 3 is 3.12 bits per heavy atom. The SMILES string of the molecule is CCCNC(C)Cc1ccc2nnnn2n1. The maximum Gasteiger partial charge on any atom is 0.199 e. The maximum atomic E-state index is 4.32. The first-order chi connectivity index (χ1) is 7.79. The van der Waals surface area contributed by atoms with E-state index in [0.29, 0.717) is 11.7 Å². The van der Waals surface area contributed by atoms with Gasteiger partial charge in [0, 0.05) is 12.5 Å². The molecule has 1 atom stereocenters. The summed E-state index contributed by atoms with van der Waals surface area (Å²) in [5.74, 6) is 0. The van der Waals surface area contributed by atoms with Crippen LogP contribution in [0.2, 0.25) is 0 Å². The average molecular weight is 220 g/mol. The van der Waals surface area contributed by atoms with E-state index in [4.69, 9.17) is 0 Å². The number of aromatic nitrogens is 5. The van der Waals surface area contributed by atoms with Gasteiger partial charge < -0.3 is 5.32 Å². The van der Waals surface area contributed by atoms with Crippen molar-refractivity contribution < 1.29 is 0 Å². The van der Waals surface area contributed by atoms with Gasteiger partial charge in [-0.1, -0.05) is 6.92 Å². The van der Waals surface area contributed by atoms with Gasteiger partial charge in [0.1, 0.15) is 0 Å². The molecule has 0 amide bonds. The highest BCUT2D eigenvalue weighted by Crippen LogP contribution is 2.01. The van der Waals surface area contributed by atoms with E-state index in [2.05, 4.69) is 39.8 Å². The first kappa shape index (κ1) is 10.9. The van der Waals surface area contributed by atoms with E-state index >= 15 is 0 Å². The van der Waals surface area contributed by atoms with Gasteiger partial charge in [0.2, 0.25) is 0 Å². The number of nitrogens with one attached hydrogen (secondary N) is 1. The zero-order valence-corrected chi connectivity index (χ0v) is 9.59. The van der Waals surface area contributed by atoms with E-state index in [-0.39, 0.29) is 0 Å². The quantitative estimate of drug-likeness (QED) is 0.792. The molecule has 1 unspecified atom stereocenters. The molecular formula is C10H16N6. The van der Waals surface area contributed by atoms with Crippen LogP contribution in [0.4, 0.5) is 0 Å². The second-order valence-corrected chi connectivity index (χ2v) is 3.91. The number of hydrogen-bond acceptors (Lipinski definition) is 5. The summed E-state index contributed by atoms with van der Waals surface area (Å²) >= 11 is 0. The van der Waals surface area contributed by atoms with E-state index in [1.165, 1.54) is 4.63 Å². The highest BCUT2D eigenvalue weighted by atomic mass is 15.6. The van der Waals surface area contributed by atoms with Crippen LogP contribution in [0.25, 0.3) is 5.65 Å². The molecule has 0 saturated heterocycles. The minimum atomic E-state index is 0.418. The Morgan fingerprint density at radius 2 is 2.31 bits per heavy atom. The Bertz CT molecular complexity index is 451. The van der Waals surface area contributed by atoms with Gasteiger partial charge in [-0.3, -0.25) is 0 Å². The van der Waals surface area contributed by atoms with Crippen LogP contribution < -0.4 is 5.32 Å². The zero-order chi connectivity index (χ0) is 11.4. The summed E-state index contributed by atoms with van der Waals surface area (Å²) in [6.45, 7) is 5.35. The highest BCUT2D eigenvalue weighted by Gasteiger charge is 2.05. The number of fused-ring (bicyclic) bond motifs is 1. The standard InChI is InChI=1S/C10H16N6/c1-3-6-11-8(2)7-9-4-5-10-12-14-15-16(10)13-9/h4-5,8,11H,3,6-7H2,1-2H3. The number of hydrogen-bond donors (Lipinski definition) is 1. The van der Waals surface area contributed by atoms with Crippen molar-refractivity contribution >= 4 is 5.65 Å². The van der Waals surface area contributed by atoms with Gasteiger partial charge in [0.25, 0.3) is 0 Å². The van der Waals surface area contributed by atoms with Gasteiger partial charge in [0.15, 0.2) is 5.65 Å². The van der Waals surface area contributed by atoms with Crippen molar-refractivity contribution in [2.24, 2.45) is 0 Å². The molecule has 0 spiro atoms.